The zero-order valence-corrected chi connectivity index (χ0v) is 6.65. The van der Waals surface area contributed by atoms with E-state index in [0.717, 1.165) is 5.69 Å². The molecule has 1 aromatic rings. The summed E-state index contributed by atoms with van der Waals surface area (Å²) in [5, 5.41) is 0.467. The van der Waals surface area contributed by atoms with Crippen LogP contribution in [0.3, 0.4) is 0 Å². The van der Waals surface area contributed by atoms with Crippen LogP contribution in [0, 0.1) is 0 Å². The Balaban J connectivity index is 3.04. The summed E-state index contributed by atoms with van der Waals surface area (Å²) < 4.78 is 0. The Bertz CT molecular complexity index is 237. The molecule has 1 rings (SSSR count). The van der Waals surface area contributed by atoms with Crippen LogP contribution in [0.15, 0.2) is 12.3 Å². The Labute approximate surface area is 69.0 Å². The third-order valence-electron chi connectivity index (χ3n) is 1.08. The minimum absolute atomic E-state index is 0.362. The number of pyridine rings is 1. The molecular formula is C6H6Cl2N2. The van der Waals surface area contributed by atoms with Crippen LogP contribution in [0.2, 0.25) is 5.02 Å². The summed E-state index contributed by atoms with van der Waals surface area (Å²) in [6.45, 7) is 0. The van der Waals surface area contributed by atoms with Gasteiger partial charge in [0.1, 0.15) is 0 Å². The molecule has 0 aliphatic carbocycles. The number of nitrogen functional groups attached to an aromatic ring is 1. The smallest absolute Gasteiger partial charge is 0.0818 e. The van der Waals surface area contributed by atoms with Gasteiger partial charge in [0.15, 0.2) is 0 Å². The van der Waals surface area contributed by atoms with Crippen molar-refractivity contribution in [1.82, 2.24) is 4.98 Å². The number of hydrogen-bond donors (Lipinski definition) is 1. The van der Waals surface area contributed by atoms with Crippen LogP contribution in [0.5, 0.6) is 0 Å². The first-order valence-corrected chi connectivity index (χ1v) is 3.61. The van der Waals surface area contributed by atoms with Gasteiger partial charge in [0.05, 0.1) is 22.3 Å². The van der Waals surface area contributed by atoms with Gasteiger partial charge in [-0.1, -0.05) is 11.6 Å². The van der Waals surface area contributed by atoms with E-state index < -0.39 is 0 Å². The number of alkyl halides is 1. The first kappa shape index (κ1) is 7.63. The maximum atomic E-state index is 5.61. The number of aromatic nitrogens is 1. The molecule has 10 heavy (non-hydrogen) atoms. The van der Waals surface area contributed by atoms with E-state index in [1.54, 1.807) is 6.07 Å². The molecule has 54 valence electrons. The molecule has 1 aromatic heterocycles. The van der Waals surface area contributed by atoms with E-state index in [1.807, 2.05) is 0 Å². The van der Waals surface area contributed by atoms with Gasteiger partial charge in [0.2, 0.25) is 0 Å². The van der Waals surface area contributed by atoms with Crippen molar-refractivity contribution in [1.29, 1.82) is 0 Å². The van der Waals surface area contributed by atoms with Gasteiger partial charge in [-0.05, 0) is 6.07 Å². The molecule has 2 nitrogen and oxygen atoms in total. The Hall–Kier alpha value is -0.470. The summed E-state index contributed by atoms with van der Waals surface area (Å²) in [6, 6.07) is 1.66. The normalized spacial score (nSPS) is 9.80. The second kappa shape index (κ2) is 3.08. The van der Waals surface area contributed by atoms with Gasteiger partial charge in [0, 0.05) is 6.20 Å². The van der Waals surface area contributed by atoms with Crippen molar-refractivity contribution in [3.63, 3.8) is 0 Å². The van der Waals surface area contributed by atoms with Crippen molar-refractivity contribution in [2.75, 3.05) is 5.73 Å². The number of hydrogen-bond acceptors (Lipinski definition) is 2. The summed E-state index contributed by atoms with van der Waals surface area (Å²) in [7, 11) is 0. The van der Waals surface area contributed by atoms with Crippen molar-refractivity contribution >= 4 is 28.9 Å². The molecule has 0 saturated carbocycles. The van der Waals surface area contributed by atoms with Crippen LogP contribution in [-0.2, 0) is 5.88 Å². The third-order valence-corrected chi connectivity index (χ3v) is 1.67. The molecule has 0 radical (unpaired) electrons. The highest BCUT2D eigenvalue weighted by Gasteiger charge is 1.96. The Morgan fingerprint density at radius 1 is 1.60 bits per heavy atom. The van der Waals surface area contributed by atoms with E-state index in [0.29, 0.717) is 16.6 Å². The van der Waals surface area contributed by atoms with E-state index >= 15 is 0 Å². The molecule has 0 saturated heterocycles. The quantitative estimate of drug-likeness (QED) is 0.666. The van der Waals surface area contributed by atoms with E-state index in [9.17, 15) is 0 Å². The number of nitrogens with zero attached hydrogens (tertiary/aromatic N) is 1. The SMILES string of the molecule is Nc1cc(CCl)ncc1Cl. The lowest BCUT2D eigenvalue weighted by Crippen LogP contribution is -1.91. The van der Waals surface area contributed by atoms with Crippen molar-refractivity contribution in [2.45, 2.75) is 5.88 Å². The molecule has 0 aliphatic heterocycles. The third kappa shape index (κ3) is 1.52. The summed E-state index contributed by atoms with van der Waals surface area (Å²) >= 11 is 11.1. The van der Waals surface area contributed by atoms with Gasteiger partial charge in [-0.25, -0.2) is 0 Å². The molecule has 0 amide bonds. The van der Waals surface area contributed by atoms with E-state index in [2.05, 4.69) is 4.98 Å². The summed E-state index contributed by atoms with van der Waals surface area (Å²) in [6.07, 6.45) is 1.49. The summed E-state index contributed by atoms with van der Waals surface area (Å²) in [4.78, 5) is 3.91. The van der Waals surface area contributed by atoms with Crippen LogP contribution in [-0.4, -0.2) is 4.98 Å². The molecule has 0 aromatic carbocycles. The van der Waals surface area contributed by atoms with Crippen LogP contribution in [0.4, 0.5) is 5.69 Å². The number of halogens is 2. The van der Waals surface area contributed by atoms with Crippen LogP contribution >= 0.6 is 23.2 Å². The van der Waals surface area contributed by atoms with Crippen LogP contribution < -0.4 is 5.73 Å². The molecular weight excluding hydrogens is 171 g/mol. The highest BCUT2D eigenvalue weighted by molar-refractivity contribution is 6.32. The lowest BCUT2D eigenvalue weighted by atomic mass is 10.3. The minimum atomic E-state index is 0.362. The molecule has 0 fully saturated rings. The lowest BCUT2D eigenvalue weighted by Gasteiger charge is -1.97. The van der Waals surface area contributed by atoms with Crippen molar-refractivity contribution < 1.29 is 0 Å². The van der Waals surface area contributed by atoms with Gasteiger partial charge in [0.25, 0.3) is 0 Å². The number of anilines is 1. The van der Waals surface area contributed by atoms with Gasteiger partial charge >= 0.3 is 0 Å². The number of nitrogens with two attached hydrogens (primary N) is 1. The Kier molecular flexibility index (Phi) is 2.35. The first-order chi connectivity index (χ1) is 4.74. The standard InChI is InChI=1S/C6H6Cl2N2/c7-2-4-1-6(9)5(8)3-10-4/h1,3H,2H2,(H2,9,10). The molecule has 1 heterocycles. The molecule has 0 aliphatic rings. The largest absolute Gasteiger partial charge is 0.397 e. The average Bonchev–Trinajstić information content (AvgIpc) is 1.95. The van der Waals surface area contributed by atoms with E-state index in [4.69, 9.17) is 28.9 Å². The topological polar surface area (TPSA) is 38.9 Å². The minimum Gasteiger partial charge on any atom is -0.397 e. The van der Waals surface area contributed by atoms with Gasteiger partial charge < -0.3 is 5.73 Å². The van der Waals surface area contributed by atoms with Crippen LogP contribution in [0.25, 0.3) is 0 Å². The number of rotatable bonds is 1. The summed E-state index contributed by atoms with van der Waals surface area (Å²) in [5.74, 6) is 0.362. The lowest BCUT2D eigenvalue weighted by molar-refractivity contribution is 1.17. The molecule has 2 N–H and O–H groups in total. The second-order valence-corrected chi connectivity index (χ2v) is 2.51. The van der Waals surface area contributed by atoms with Crippen molar-refractivity contribution in [3.8, 4) is 0 Å². The Morgan fingerprint density at radius 3 is 2.80 bits per heavy atom. The molecule has 0 atom stereocenters. The fourth-order valence-electron chi connectivity index (χ4n) is 0.573. The molecule has 0 spiro atoms. The van der Waals surface area contributed by atoms with Crippen molar-refractivity contribution in [2.24, 2.45) is 0 Å². The summed E-state index contributed by atoms with van der Waals surface area (Å²) in [5.41, 5.74) is 6.73. The Morgan fingerprint density at radius 2 is 2.30 bits per heavy atom. The van der Waals surface area contributed by atoms with Gasteiger partial charge in [-0.2, -0.15) is 0 Å². The second-order valence-electron chi connectivity index (χ2n) is 1.83. The molecule has 0 bridgehead atoms. The highest BCUT2D eigenvalue weighted by atomic mass is 35.5. The maximum Gasteiger partial charge on any atom is 0.0818 e. The molecule has 4 heteroatoms. The van der Waals surface area contributed by atoms with E-state index in [-0.39, 0.29) is 0 Å². The monoisotopic (exact) mass is 176 g/mol. The van der Waals surface area contributed by atoms with Crippen LogP contribution in [0.1, 0.15) is 5.69 Å². The van der Waals surface area contributed by atoms with Crippen molar-refractivity contribution in [3.05, 3.63) is 23.0 Å². The average molecular weight is 177 g/mol. The fraction of sp³-hybridized carbons (Fsp3) is 0.167. The first-order valence-electron chi connectivity index (χ1n) is 2.70. The van der Waals surface area contributed by atoms with E-state index in [1.165, 1.54) is 6.20 Å². The molecule has 0 unspecified atom stereocenters. The zero-order chi connectivity index (χ0) is 7.56. The predicted octanol–water partition coefficient (Wildman–Crippen LogP) is 2.06. The zero-order valence-electron chi connectivity index (χ0n) is 5.14. The van der Waals surface area contributed by atoms with Gasteiger partial charge in [-0.3, -0.25) is 4.98 Å². The fourth-order valence-corrected chi connectivity index (χ4v) is 0.822. The highest BCUT2D eigenvalue weighted by Crippen LogP contribution is 2.17. The predicted molar refractivity (Wildman–Crippen MR) is 43.2 cm³/mol. The van der Waals surface area contributed by atoms with Gasteiger partial charge in [-0.15, -0.1) is 11.6 Å². The maximum absolute atomic E-state index is 5.61.